The third kappa shape index (κ3) is 2.44. The number of hydrogen-bond donors (Lipinski definition) is 0. The fraction of sp³-hybridized carbons (Fsp3) is 0.238. The number of fused-ring (bicyclic) bond motifs is 1. The van der Waals surface area contributed by atoms with E-state index in [1.54, 1.807) is 13.2 Å². The van der Waals surface area contributed by atoms with Gasteiger partial charge in [-0.25, -0.2) is 4.98 Å². The second-order valence-electron chi connectivity index (χ2n) is 6.67. The number of rotatable bonds is 5. The van der Waals surface area contributed by atoms with E-state index in [0.29, 0.717) is 18.8 Å². The first-order valence-electron chi connectivity index (χ1n) is 9.00. The summed E-state index contributed by atoms with van der Waals surface area (Å²) < 4.78 is 15.6. The highest BCUT2D eigenvalue weighted by atomic mass is 16.5. The summed E-state index contributed by atoms with van der Waals surface area (Å²) in [7, 11) is 1.71. The van der Waals surface area contributed by atoms with Crippen molar-refractivity contribution in [3.8, 4) is 17.3 Å². The van der Waals surface area contributed by atoms with E-state index in [9.17, 15) is 4.79 Å². The molecule has 1 aliphatic heterocycles. The molecule has 5 rings (SSSR count). The highest BCUT2D eigenvalue weighted by molar-refractivity contribution is 5.93. The molecule has 0 N–H and O–H groups in total. The number of aldehydes is 1. The Morgan fingerprint density at radius 2 is 2.15 bits per heavy atom. The minimum Gasteiger partial charge on any atom is -0.489 e. The third-order valence-corrected chi connectivity index (χ3v) is 5.10. The van der Waals surface area contributed by atoms with Crippen LogP contribution < -0.4 is 4.74 Å². The molecule has 0 fully saturated rings. The lowest BCUT2D eigenvalue weighted by Gasteiger charge is -2.19. The molecule has 0 radical (unpaired) electrons. The first kappa shape index (κ1) is 16.1. The van der Waals surface area contributed by atoms with Crippen molar-refractivity contribution < 1.29 is 14.3 Å². The fourth-order valence-electron chi connectivity index (χ4n) is 3.91. The summed E-state index contributed by atoms with van der Waals surface area (Å²) in [5, 5.41) is 1.17. The number of hydrogen-bond acceptors (Lipinski definition) is 4. The van der Waals surface area contributed by atoms with Gasteiger partial charge in [0.2, 0.25) is 0 Å². The van der Waals surface area contributed by atoms with Crippen molar-refractivity contribution >= 4 is 28.2 Å². The monoisotopic (exact) mass is 361 g/mol. The van der Waals surface area contributed by atoms with Gasteiger partial charge >= 0.3 is 0 Å². The number of aromatic nitrogens is 3. The molecule has 2 aromatic carbocycles. The maximum absolute atomic E-state index is 11.3. The summed E-state index contributed by atoms with van der Waals surface area (Å²) in [6.45, 7) is 2.65. The van der Waals surface area contributed by atoms with E-state index in [4.69, 9.17) is 14.5 Å². The Hall–Kier alpha value is -3.12. The molecule has 0 atom stereocenters. The van der Waals surface area contributed by atoms with Crippen LogP contribution in [0.2, 0.25) is 0 Å². The Labute approximate surface area is 155 Å². The van der Waals surface area contributed by atoms with Crippen LogP contribution in [0.25, 0.3) is 33.5 Å². The second-order valence-corrected chi connectivity index (χ2v) is 6.67. The average Bonchev–Trinajstić information content (AvgIpc) is 3.25. The molecule has 0 bridgehead atoms. The fourth-order valence-corrected chi connectivity index (χ4v) is 3.91. The van der Waals surface area contributed by atoms with Crippen molar-refractivity contribution in [3.05, 3.63) is 48.0 Å². The van der Waals surface area contributed by atoms with Gasteiger partial charge in [0.1, 0.15) is 24.2 Å². The van der Waals surface area contributed by atoms with Gasteiger partial charge in [0.25, 0.3) is 0 Å². The van der Waals surface area contributed by atoms with Crippen molar-refractivity contribution in [3.63, 3.8) is 0 Å². The lowest BCUT2D eigenvalue weighted by atomic mass is 10.2. The predicted molar refractivity (Wildman–Crippen MR) is 103 cm³/mol. The van der Waals surface area contributed by atoms with Crippen LogP contribution in [0.5, 0.6) is 5.75 Å². The number of para-hydroxylation sites is 1. The standard InChI is InChI=1S/C21H19N3O3/c1-26-8-6-23-17-5-3-2-4-15(17)12-18(23)21-22-16-10-14(13-25)11-19-20(16)24(21)7-9-27-19/h2-5,10-13H,6-9H2,1H3. The maximum Gasteiger partial charge on any atom is 0.158 e. The van der Waals surface area contributed by atoms with Crippen molar-refractivity contribution in [1.82, 2.24) is 14.1 Å². The van der Waals surface area contributed by atoms with Gasteiger partial charge in [-0.2, -0.15) is 0 Å². The van der Waals surface area contributed by atoms with Crippen molar-refractivity contribution in [2.45, 2.75) is 13.1 Å². The summed E-state index contributed by atoms with van der Waals surface area (Å²) in [6.07, 6.45) is 0.835. The number of carbonyl (C=O) groups excluding carboxylic acids is 1. The summed E-state index contributed by atoms with van der Waals surface area (Å²) in [4.78, 5) is 16.2. The zero-order valence-electron chi connectivity index (χ0n) is 15.0. The van der Waals surface area contributed by atoms with E-state index >= 15 is 0 Å². The van der Waals surface area contributed by atoms with Crippen LogP contribution in [0.3, 0.4) is 0 Å². The Balaban J connectivity index is 1.79. The van der Waals surface area contributed by atoms with Crippen LogP contribution in [0.15, 0.2) is 42.5 Å². The number of nitrogens with zero attached hydrogens (tertiary/aromatic N) is 3. The van der Waals surface area contributed by atoms with E-state index < -0.39 is 0 Å². The molecule has 0 unspecified atom stereocenters. The molecule has 6 heteroatoms. The Kier molecular flexibility index (Phi) is 3.72. The first-order valence-corrected chi connectivity index (χ1v) is 9.00. The van der Waals surface area contributed by atoms with Gasteiger partial charge in [-0.15, -0.1) is 0 Å². The number of methoxy groups -OCH3 is 1. The van der Waals surface area contributed by atoms with Gasteiger partial charge < -0.3 is 18.6 Å². The zero-order chi connectivity index (χ0) is 18.4. The normalized spacial score (nSPS) is 13.2. The van der Waals surface area contributed by atoms with E-state index in [1.807, 2.05) is 18.2 Å². The van der Waals surface area contributed by atoms with E-state index in [-0.39, 0.29) is 0 Å². The van der Waals surface area contributed by atoms with Gasteiger partial charge in [0.15, 0.2) is 5.82 Å². The SMILES string of the molecule is COCCn1c(-c2nc3cc(C=O)cc4c3n2CCO4)cc2ccccc21. The smallest absolute Gasteiger partial charge is 0.158 e. The van der Waals surface area contributed by atoms with Crippen molar-refractivity contribution in [2.75, 3.05) is 20.3 Å². The minimum absolute atomic E-state index is 0.562. The quantitative estimate of drug-likeness (QED) is 0.511. The largest absolute Gasteiger partial charge is 0.489 e. The third-order valence-electron chi connectivity index (χ3n) is 5.10. The average molecular weight is 361 g/mol. The Morgan fingerprint density at radius 1 is 1.26 bits per heavy atom. The molecule has 0 amide bonds. The maximum atomic E-state index is 11.3. The molecule has 4 aromatic rings. The molecule has 1 aliphatic rings. The number of imidazole rings is 1. The zero-order valence-corrected chi connectivity index (χ0v) is 15.0. The molecular weight excluding hydrogens is 342 g/mol. The van der Waals surface area contributed by atoms with Gasteiger partial charge in [-0.1, -0.05) is 18.2 Å². The van der Waals surface area contributed by atoms with Gasteiger partial charge in [0, 0.05) is 30.1 Å². The Morgan fingerprint density at radius 3 is 3.00 bits per heavy atom. The highest BCUT2D eigenvalue weighted by Crippen LogP contribution is 2.36. The van der Waals surface area contributed by atoms with E-state index in [0.717, 1.165) is 53.2 Å². The number of carbonyl (C=O) groups is 1. The van der Waals surface area contributed by atoms with E-state index in [1.165, 1.54) is 5.39 Å². The van der Waals surface area contributed by atoms with Gasteiger partial charge in [0.05, 0.1) is 24.4 Å². The van der Waals surface area contributed by atoms with Crippen LogP contribution in [-0.4, -0.2) is 40.7 Å². The second kappa shape index (κ2) is 6.25. The highest BCUT2D eigenvalue weighted by Gasteiger charge is 2.23. The molecule has 0 spiro atoms. The minimum atomic E-state index is 0.562. The first-order chi connectivity index (χ1) is 13.3. The molecule has 0 saturated carbocycles. The topological polar surface area (TPSA) is 58.3 Å². The molecule has 3 heterocycles. The van der Waals surface area contributed by atoms with Crippen LogP contribution in [0.4, 0.5) is 0 Å². The van der Waals surface area contributed by atoms with Crippen LogP contribution >= 0.6 is 0 Å². The van der Waals surface area contributed by atoms with Crippen molar-refractivity contribution in [2.24, 2.45) is 0 Å². The lowest BCUT2D eigenvalue weighted by Crippen LogP contribution is -2.16. The summed E-state index contributed by atoms with van der Waals surface area (Å²) >= 11 is 0. The molecule has 0 aliphatic carbocycles. The molecule has 136 valence electrons. The van der Waals surface area contributed by atoms with E-state index in [2.05, 4.69) is 27.3 Å². The predicted octanol–water partition coefficient (Wildman–Crippen LogP) is 3.51. The summed E-state index contributed by atoms with van der Waals surface area (Å²) in [5.74, 6) is 1.61. The molecule has 2 aromatic heterocycles. The number of benzene rings is 2. The molecule has 27 heavy (non-hydrogen) atoms. The summed E-state index contributed by atoms with van der Waals surface area (Å²) in [5.41, 5.74) is 4.52. The molecule has 0 saturated heterocycles. The Bertz CT molecular complexity index is 1170. The van der Waals surface area contributed by atoms with Gasteiger partial charge in [-0.3, -0.25) is 4.79 Å². The van der Waals surface area contributed by atoms with Crippen LogP contribution in [-0.2, 0) is 17.8 Å². The molecule has 6 nitrogen and oxygen atoms in total. The van der Waals surface area contributed by atoms with Crippen molar-refractivity contribution in [1.29, 1.82) is 0 Å². The van der Waals surface area contributed by atoms with Crippen LogP contribution in [0, 0.1) is 0 Å². The number of ether oxygens (including phenoxy) is 2. The lowest BCUT2D eigenvalue weighted by molar-refractivity contribution is 0.112. The van der Waals surface area contributed by atoms with Gasteiger partial charge in [-0.05, 0) is 24.3 Å². The molecular formula is C21H19N3O3. The van der Waals surface area contributed by atoms with Crippen LogP contribution in [0.1, 0.15) is 10.4 Å². The summed E-state index contributed by atoms with van der Waals surface area (Å²) in [6, 6.07) is 14.1.